The molecule has 9 nitrogen and oxygen atoms in total. The van der Waals surface area contributed by atoms with E-state index in [4.69, 9.17) is 19.9 Å². The van der Waals surface area contributed by atoms with Gasteiger partial charge in [-0.15, -0.1) is 0 Å². The summed E-state index contributed by atoms with van der Waals surface area (Å²) in [6.07, 6.45) is 3.43. The lowest BCUT2D eigenvalue weighted by molar-refractivity contribution is -0.144. The Morgan fingerprint density at radius 3 is 2.64 bits per heavy atom. The second-order valence-corrected chi connectivity index (χ2v) is 10.3. The number of unbranched alkanes of at least 4 members (excludes halogenated alkanes) is 1. The van der Waals surface area contributed by atoms with Gasteiger partial charge in [0.25, 0.3) is 0 Å². The Labute approximate surface area is 230 Å². The van der Waals surface area contributed by atoms with Crippen molar-refractivity contribution in [3.8, 4) is 17.2 Å². The number of amides is 1. The van der Waals surface area contributed by atoms with Gasteiger partial charge in [0.15, 0.2) is 11.5 Å². The van der Waals surface area contributed by atoms with Crippen LogP contribution in [0, 0.1) is 5.92 Å². The van der Waals surface area contributed by atoms with E-state index in [2.05, 4.69) is 13.0 Å². The molecule has 212 valence electrons. The number of carboxylic acids is 1. The van der Waals surface area contributed by atoms with Crippen molar-refractivity contribution in [3.63, 3.8) is 0 Å². The number of hydrogen-bond acceptors (Lipinski definition) is 7. The Morgan fingerprint density at radius 2 is 1.92 bits per heavy atom. The topological polar surface area (TPSA) is 115 Å². The number of ether oxygens (including phenoxy) is 3. The smallest absolute Gasteiger partial charge is 0.308 e. The average Bonchev–Trinajstić information content (AvgIpc) is 3.56. The van der Waals surface area contributed by atoms with Crippen LogP contribution in [-0.4, -0.2) is 85.9 Å². The molecular formula is C30H41N3O6. The zero-order valence-corrected chi connectivity index (χ0v) is 23.0. The first-order chi connectivity index (χ1) is 19.0. The highest BCUT2D eigenvalue weighted by atomic mass is 16.5. The van der Waals surface area contributed by atoms with Gasteiger partial charge in [0.05, 0.1) is 32.2 Å². The number of carbonyl (C=O) groups is 2. The first-order valence-corrected chi connectivity index (χ1v) is 13.9. The van der Waals surface area contributed by atoms with Crippen LogP contribution in [0.25, 0.3) is 0 Å². The number of para-hydroxylation sites is 2. The van der Waals surface area contributed by atoms with Gasteiger partial charge in [0.1, 0.15) is 12.4 Å². The third-order valence-electron chi connectivity index (χ3n) is 7.76. The first-order valence-electron chi connectivity index (χ1n) is 13.9. The number of nitrogens with two attached hydrogens (primary N) is 1. The quantitative estimate of drug-likeness (QED) is 0.376. The molecule has 3 atom stereocenters. The van der Waals surface area contributed by atoms with Gasteiger partial charge in [-0.05, 0) is 48.7 Å². The maximum absolute atomic E-state index is 13.5. The summed E-state index contributed by atoms with van der Waals surface area (Å²) in [7, 11) is 1.57. The van der Waals surface area contributed by atoms with Crippen molar-refractivity contribution in [3.05, 3.63) is 53.6 Å². The maximum atomic E-state index is 13.5. The third-order valence-corrected chi connectivity index (χ3v) is 7.76. The normalized spacial score (nSPS) is 20.3. The van der Waals surface area contributed by atoms with E-state index in [1.165, 1.54) is 0 Å². The van der Waals surface area contributed by atoms with E-state index in [0.717, 1.165) is 42.6 Å². The van der Waals surface area contributed by atoms with Gasteiger partial charge in [-0.1, -0.05) is 37.6 Å². The van der Waals surface area contributed by atoms with Crippen molar-refractivity contribution < 1.29 is 28.9 Å². The van der Waals surface area contributed by atoms with Crippen LogP contribution in [0.1, 0.15) is 43.2 Å². The van der Waals surface area contributed by atoms with E-state index in [9.17, 15) is 14.7 Å². The molecule has 0 spiro atoms. The number of methoxy groups -OCH3 is 1. The molecule has 0 aromatic heterocycles. The Balaban J connectivity index is 1.61. The summed E-state index contributed by atoms with van der Waals surface area (Å²) in [5, 5.41) is 10.5. The van der Waals surface area contributed by atoms with Crippen LogP contribution in [0.15, 0.2) is 42.5 Å². The lowest BCUT2D eigenvalue weighted by Gasteiger charge is -2.29. The zero-order chi connectivity index (χ0) is 27.8. The van der Waals surface area contributed by atoms with E-state index >= 15 is 0 Å². The standard InChI is InChI=1S/C30H41N3O6/c1-3-4-14-32(15-7-13-31)28(34)19-33-18-23(21-10-11-25-22(17-21)12-16-38-25)29(30(35)36)24(33)20-39-27-9-6-5-8-26(27)37-2/h5-6,8-11,17,23-24,29H,3-4,7,12-16,18-20,31H2,1-2H3,(H,35,36). The highest BCUT2D eigenvalue weighted by Crippen LogP contribution is 2.40. The highest BCUT2D eigenvalue weighted by Gasteiger charge is 2.48. The first kappa shape index (κ1) is 28.7. The summed E-state index contributed by atoms with van der Waals surface area (Å²) in [6.45, 7) is 5.21. The minimum atomic E-state index is -0.897. The van der Waals surface area contributed by atoms with E-state index in [1.807, 2.05) is 34.1 Å². The molecule has 1 saturated heterocycles. The Kier molecular flexibility index (Phi) is 10.1. The van der Waals surface area contributed by atoms with Crippen LogP contribution in [0.2, 0.25) is 0 Å². The lowest BCUT2D eigenvalue weighted by atomic mass is 9.84. The molecule has 0 bridgehead atoms. The van der Waals surface area contributed by atoms with Crippen molar-refractivity contribution in [2.75, 3.05) is 53.0 Å². The molecule has 2 heterocycles. The molecule has 4 rings (SSSR count). The molecule has 3 unspecified atom stereocenters. The third kappa shape index (κ3) is 6.83. The van der Waals surface area contributed by atoms with E-state index in [-0.39, 0.29) is 25.0 Å². The number of hydrogen-bond donors (Lipinski definition) is 2. The summed E-state index contributed by atoms with van der Waals surface area (Å²) in [4.78, 5) is 30.2. The van der Waals surface area contributed by atoms with Crippen molar-refractivity contribution in [1.82, 2.24) is 9.80 Å². The van der Waals surface area contributed by atoms with Crippen LogP contribution in [0.4, 0.5) is 0 Å². The number of benzene rings is 2. The van der Waals surface area contributed by atoms with Gasteiger partial charge in [-0.25, -0.2) is 0 Å². The SMILES string of the molecule is CCCCN(CCCN)C(=O)CN1CC(c2ccc3c(c2)CCO3)C(C(=O)O)C1COc1ccccc1OC. The van der Waals surface area contributed by atoms with Gasteiger partial charge in [-0.2, -0.15) is 0 Å². The minimum Gasteiger partial charge on any atom is -0.493 e. The minimum absolute atomic E-state index is 0.00802. The number of rotatable bonds is 14. The number of carbonyl (C=O) groups excluding carboxylic acids is 1. The number of likely N-dealkylation sites (tertiary alicyclic amines) is 1. The van der Waals surface area contributed by atoms with Crippen LogP contribution < -0.4 is 19.9 Å². The van der Waals surface area contributed by atoms with Gasteiger partial charge < -0.3 is 30.0 Å². The average molecular weight is 540 g/mol. The Morgan fingerprint density at radius 1 is 1.15 bits per heavy atom. The lowest BCUT2D eigenvalue weighted by Crippen LogP contribution is -2.47. The Bertz CT molecular complexity index is 1120. The van der Waals surface area contributed by atoms with Crippen LogP contribution >= 0.6 is 0 Å². The van der Waals surface area contributed by atoms with Crippen molar-refractivity contribution in [2.45, 2.75) is 44.6 Å². The van der Waals surface area contributed by atoms with E-state index in [0.29, 0.717) is 44.3 Å². The summed E-state index contributed by atoms with van der Waals surface area (Å²) < 4.78 is 17.3. The molecule has 1 fully saturated rings. The van der Waals surface area contributed by atoms with Crippen molar-refractivity contribution >= 4 is 11.9 Å². The number of nitrogens with zero attached hydrogens (tertiary/aromatic N) is 2. The molecule has 2 aliphatic heterocycles. The second-order valence-electron chi connectivity index (χ2n) is 10.3. The molecule has 0 saturated carbocycles. The summed E-state index contributed by atoms with van der Waals surface area (Å²) in [5.41, 5.74) is 7.78. The largest absolute Gasteiger partial charge is 0.493 e. The zero-order valence-electron chi connectivity index (χ0n) is 23.0. The number of aliphatic carboxylic acids is 1. The van der Waals surface area contributed by atoms with Gasteiger partial charge in [-0.3, -0.25) is 14.5 Å². The molecule has 2 aromatic rings. The molecule has 2 aromatic carbocycles. The van der Waals surface area contributed by atoms with Crippen LogP contribution in [0.5, 0.6) is 17.2 Å². The molecule has 0 radical (unpaired) electrons. The summed E-state index contributed by atoms with van der Waals surface area (Å²) in [5.74, 6) is 0.0335. The molecule has 0 aliphatic carbocycles. The van der Waals surface area contributed by atoms with Crippen LogP contribution in [0.3, 0.4) is 0 Å². The highest BCUT2D eigenvalue weighted by molar-refractivity contribution is 5.79. The Hall–Kier alpha value is -3.30. The fourth-order valence-corrected chi connectivity index (χ4v) is 5.65. The molecule has 2 aliphatic rings. The summed E-state index contributed by atoms with van der Waals surface area (Å²) >= 11 is 0. The van der Waals surface area contributed by atoms with E-state index in [1.54, 1.807) is 19.2 Å². The molecule has 3 N–H and O–H groups in total. The van der Waals surface area contributed by atoms with Gasteiger partial charge in [0.2, 0.25) is 5.91 Å². The summed E-state index contributed by atoms with van der Waals surface area (Å²) in [6, 6.07) is 12.8. The molecule has 39 heavy (non-hydrogen) atoms. The molecular weight excluding hydrogens is 498 g/mol. The van der Waals surface area contributed by atoms with Crippen LogP contribution in [-0.2, 0) is 16.0 Å². The number of carboxylic acid groups (broad SMARTS) is 1. The van der Waals surface area contributed by atoms with Crippen molar-refractivity contribution in [1.29, 1.82) is 0 Å². The van der Waals surface area contributed by atoms with Gasteiger partial charge in [0, 0.05) is 32.0 Å². The fraction of sp³-hybridized carbons (Fsp3) is 0.533. The van der Waals surface area contributed by atoms with Crippen molar-refractivity contribution in [2.24, 2.45) is 11.7 Å². The maximum Gasteiger partial charge on any atom is 0.308 e. The number of fused-ring (bicyclic) bond motifs is 1. The molecule has 1 amide bonds. The fourth-order valence-electron chi connectivity index (χ4n) is 5.65. The second kappa shape index (κ2) is 13.7. The predicted molar refractivity (Wildman–Crippen MR) is 149 cm³/mol. The predicted octanol–water partition coefficient (Wildman–Crippen LogP) is 3.16. The monoisotopic (exact) mass is 539 g/mol. The van der Waals surface area contributed by atoms with Gasteiger partial charge >= 0.3 is 5.97 Å². The molecule has 9 heteroatoms. The van der Waals surface area contributed by atoms with E-state index < -0.39 is 17.9 Å².